The van der Waals surface area contributed by atoms with Gasteiger partial charge in [-0.25, -0.2) is 17.9 Å². The van der Waals surface area contributed by atoms with Gasteiger partial charge in [-0.05, 0) is 32.3 Å². The van der Waals surface area contributed by atoms with Crippen molar-refractivity contribution in [1.82, 2.24) is 9.62 Å². The predicted molar refractivity (Wildman–Crippen MR) is 72.2 cm³/mol. The van der Waals surface area contributed by atoms with Crippen molar-refractivity contribution in [2.45, 2.75) is 4.90 Å². The van der Waals surface area contributed by atoms with Crippen LogP contribution in [0.25, 0.3) is 0 Å². The van der Waals surface area contributed by atoms with E-state index >= 15 is 0 Å². The molecule has 1 aromatic rings. The average Bonchev–Trinajstić information content (AvgIpc) is 2.27. The number of carbonyl (C=O) groups is 1. The lowest BCUT2D eigenvalue weighted by Crippen LogP contribution is -2.31. The van der Waals surface area contributed by atoms with E-state index in [9.17, 15) is 13.2 Å². The van der Waals surface area contributed by atoms with Gasteiger partial charge in [-0.1, -0.05) is 11.6 Å². The van der Waals surface area contributed by atoms with Crippen molar-refractivity contribution in [2.75, 3.05) is 27.2 Å². The van der Waals surface area contributed by atoms with Gasteiger partial charge < -0.3 is 10.0 Å². The molecule has 0 radical (unpaired) electrons. The Bertz CT molecular complexity index is 572. The molecule has 0 aliphatic rings. The molecule has 8 heteroatoms. The van der Waals surface area contributed by atoms with Crippen LogP contribution in [0.4, 0.5) is 0 Å². The summed E-state index contributed by atoms with van der Waals surface area (Å²) < 4.78 is 26.2. The van der Waals surface area contributed by atoms with Gasteiger partial charge in [0.2, 0.25) is 10.0 Å². The minimum absolute atomic E-state index is 0.0544. The quantitative estimate of drug-likeness (QED) is 0.814. The first-order valence-electron chi connectivity index (χ1n) is 5.41. The van der Waals surface area contributed by atoms with Gasteiger partial charge in [0.15, 0.2) is 0 Å². The van der Waals surface area contributed by atoms with E-state index in [2.05, 4.69) is 4.72 Å². The van der Waals surface area contributed by atoms with Gasteiger partial charge in [0.25, 0.3) is 0 Å². The van der Waals surface area contributed by atoms with E-state index in [1.807, 2.05) is 19.0 Å². The molecule has 6 nitrogen and oxygen atoms in total. The number of nitrogens with zero attached hydrogens (tertiary/aromatic N) is 1. The Morgan fingerprint density at radius 2 is 2.05 bits per heavy atom. The lowest BCUT2D eigenvalue weighted by Gasteiger charge is -2.11. The summed E-state index contributed by atoms with van der Waals surface area (Å²) in [6, 6.07) is 3.52. The van der Waals surface area contributed by atoms with Crippen LogP contribution in [0, 0.1) is 0 Å². The number of sulfonamides is 1. The Labute approximate surface area is 117 Å². The number of carboxylic acid groups (broad SMARTS) is 1. The van der Waals surface area contributed by atoms with E-state index in [1.165, 1.54) is 12.1 Å². The third-order valence-electron chi connectivity index (χ3n) is 2.33. The number of aromatic carboxylic acids is 1. The average molecular weight is 307 g/mol. The lowest BCUT2D eigenvalue weighted by atomic mass is 10.2. The Hall–Kier alpha value is -1.15. The maximum Gasteiger partial charge on any atom is 0.337 e. The standard InChI is InChI=1S/C11H15ClN2O4S/c1-14(2)6-5-13-19(17,18)8-3-4-9(11(15)16)10(12)7-8/h3-4,7,13H,5-6H2,1-2H3,(H,15,16). The second kappa shape index (κ2) is 6.33. The first-order chi connectivity index (χ1) is 8.74. The maximum absolute atomic E-state index is 11.9. The first-order valence-corrected chi connectivity index (χ1v) is 7.27. The first kappa shape index (κ1) is 15.9. The van der Waals surface area contributed by atoms with Crippen molar-refractivity contribution < 1.29 is 18.3 Å². The van der Waals surface area contributed by atoms with E-state index in [0.29, 0.717) is 6.54 Å². The van der Waals surface area contributed by atoms with Crippen LogP contribution in [-0.2, 0) is 10.0 Å². The molecular weight excluding hydrogens is 292 g/mol. The van der Waals surface area contributed by atoms with Crippen molar-refractivity contribution in [3.8, 4) is 0 Å². The number of likely N-dealkylation sites (N-methyl/N-ethyl adjacent to an activating group) is 1. The third kappa shape index (κ3) is 4.46. The highest BCUT2D eigenvalue weighted by atomic mass is 35.5. The van der Waals surface area contributed by atoms with Crippen LogP contribution in [0.5, 0.6) is 0 Å². The van der Waals surface area contributed by atoms with Crippen molar-refractivity contribution >= 4 is 27.6 Å². The Morgan fingerprint density at radius 3 is 2.53 bits per heavy atom. The number of hydrogen-bond donors (Lipinski definition) is 2. The Kier molecular flexibility index (Phi) is 5.30. The van der Waals surface area contributed by atoms with Crippen LogP contribution >= 0.6 is 11.6 Å². The molecule has 0 aliphatic carbocycles. The van der Waals surface area contributed by atoms with E-state index in [1.54, 1.807) is 0 Å². The Morgan fingerprint density at radius 1 is 1.42 bits per heavy atom. The van der Waals surface area contributed by atoms with Gasteiger partial charge >= 0.3 is 5.97 Å². The smallest absolute Gasteiger partial charge is 0.337 e. The van der Waals surface area contributed by atoms with Gasteiger partial charge in [-0.3, -0.25) is 0 Å². The minimum Gasteiger partial charge on any atom is -0.478 e. The van der Waals surface area contributed by atoms with Crippen LogP contribution in [0.3, 0.4) is 0 Å². The molecule has 0 fully saturated rings. The molecule has 0 saturated heterocycles. The molecule has 19 heavy (non-hydrogen) atoms. The second-order valence-corrected chi connectivity index (χ2v) is 6.32. The fourth-order valence-electron chi connectivity index (χ4n) is 1.32. The van der Waals surface area contributed by atoms with Crippen LogP contribution < -0.4 is 4.72 Å². The van der Waals surface area contributed by atoms with Gasteiger partial charge in [0, 0.05) is 13.1 Å². The van der Waals surface area contributed by atoms with Crippen molar-refractivity contribution in [3.63, 3.8) is 0 Å². The van der Waals surface area contributed by atoms with Crippen LogP contribution in [-0.4, -0.2) is 51.6 Å². The summed E-state index contributed by atoms with van der Waals surface area (Å²) in [7, 11) is -0.0225. The molecule has 1 aromatic carbocycles. The van der Waals surface area contributed by atoms with Crippen LogP contribution in [0.1, 0.15) is 10.4 Å². The number of rotatable bonds is 6. The monoisotopic (exact) mass is 306 g/mol. The molecule has 0 heterocycles. The third-order valence-corrected chi connectivity index (χ3v) is 4.10. The maximum atomic E-state index is 11.9. The fraction of sp³-hybridized carbons (Fsp3) is 0.364. The van der Waals surface area contributed by atoms with Crippen LogP contribution in [0.2, 0.25) is 5.02 Å². The summed E-state index contributed by atoms with van der Waals surface area (Å²) in [6.45, 7) is 0.813. The predicted octanol–water partition coefficient (Wildman–Crippen LogP) is 0.878. The van der Waals surface area contributed by atoms with E-state index < -0.39 is 16.0 Å². The lowest BCUT2D eigenvalue weighted by molar-refractivity contribution is 0.0697. The van der Waals surface area contributed by atoms with E-state index in [-0.39, 0.29) is 22.0 Å². The zero-order valence-corrected chi connectivity index (χ0v) is 12.1. The van der Waals surface area contributed by atoms with E-state index in [0.717, 1.165) is 6.07 Å². The summed E-state index contributed by atoms with van der Waals surface area (Å²) in [6.07, 6.45) is 0. The summed E-state index contributed by atoms with van der Waals surface area (Å²) in [5.74, 6) is -1.20. The van der Waals surface area contributed by atoms with Crippen LogP contribution in [0.15, 0.2) is 23.1 Å². The molecule has 0 aliphatic heterocycles. The van der Waals surface area contributed by atoms with Crippen molar-refractivity contribution in [2.24, 2.45) is 0 Å². The molecule has 0 spiro atoms. The highest BCUT2D eigenvalue weighted by molar-refractivity contribution is 7.89. The second-order valence-electron chi connectivity index (χ2n) is 4.15. The van der Waals surface area contributed by atoms with Gasteiger partial charge in [-0.2, -0.15) is 0 Å². The number of halogens is 1. The molecule has 0 bridgehead atoms. The molecule has 0 saturated carbocycles. The summed E-state index contributed by atoms with van der Waals surface area (Å²) in [4.78, 5) is 12.6. The summed E-state index contributed by atoms with van der Waals surface area (Å²) in [5, 5.41) is 8.70. The summed E-state index contributed by atoms with van der Waals surface area (Å²) >= 11 is 5.73. The number of hydrogen-bond acceptors (Lipinski definition) is 4. The molecule has 0 unspecified atom stereocenters. The molecule has 0 aromatic heterocycles. The Balaban J connectivity index is 2.90. The SMILES string of the molecule is CN(C)CCNS(=O)(=O)c1ccc(C(=O)O)c(Cl)c1. The zero-order chi connectivity index (χ0) is 14.6. The molecule has 106 valence electrons. The highest BCUT2D eigenvalue weighted by Gasteiger charge is 2.17. The number of carboxylic acids is 1. The summed E-state index contributed by atoms with van der Waals surface area (Å²) in [5.41, 5.74) is -0.131. The normalized spacial score (nSPS) is 11.8. The fourth-order valence-corrected chi connectivity index (χ4v) is 2.70. The van der Waals surface area contributed by atoms with Crippen molar-refractivity contribution in [1.29, 1.82) is 0 Å². The van der Waals surface area contributed by atoms with Gasteiger partial charge in [0.1, 0.15) is 0 Å². The zero-order valence-electron chi connectivity index (χ0n) is 10.6. The topological polar surface area (TPSA) is 86.7 Å². The number of benzene rings is 1. The largest absolute Gasteiger partial charge is 0.478 e. The van der Waals surface area contributed by atoms with Gasteiger partial charge in [0.05, 0.1) is 15.5 Å². The number of nitrogens with one attached hydrogen (secondary N) is 1. The van der Waals surface area contributed by atoms with Gasteiger partial charge in [-0.15, -0.1) is 0 Å². The molecule has 0 amide bonds. The minimum atomic E-state index is -3.67. The van der Waals surface area contributed by atoms with Crippen molar-refractivity contribution in [3.05, 3.63) is 28.8 Å². The molecule has 0 atom stereocenters. The molecule has 2 N–H and O–H groups in total. The highest BCUT2D eigenvalue weighted by Crippen LogP contribution is 2.20. The molecule has 1 rings (SSSR count). The molecular formula is C11H15ClN2O4S. The van der Waals surface area contributed by atoms with E-state index in [4.69, 9.17) is 16.7 Å².